The average molecular weight is 466 g/mol. The van der Waals surface area contributed by atoms with Gasteiger partial charge in [-0.15, -0.1) is 0 Å². The van der Waals surface area contributed by atoms with Gasteiger partial charge in [0.05, 0.1) is 30.9 Å². The summed E-state index contributed by atoms with van der Waals surface area (Å²) in [6, 6.07) is 17.6. The van der Waals surface area contributed by atoms with Crippen LogP contribution in [0.4, 0.5) is 5.69 Å². The van der Waals surface area contributed by atoms with E-state index in [2.05, 4.69) is 0 Å². The molecule has 3 aromatic rings. The molecule has 0 aliphatic carbocycles. The molecule has 2 heterocycles. The number of hydrazone groups is 1. The molecule has 2 aliphatic rings. The standard InChI is InChI=1S/C24H20ClN3O5/c1-31-22-10-7-14(11-23(22)32-2)19-13-20-16-5-3-4-6-21(16)33-24(27(20)26-19)17-12-15(28(29)30)8-9-18(17)25/h3-12,20,24H,13H2,1-2H3/t20-,24-/m0/s1. The lowest BCUT2D eigenvalue weighted by Gasteiger charge is -2.38. The van der Waals surface area contributed by atoms with E-state index in [1.807, 2.05) is 47.5 Å². The SMILES string of the molecule is COc1ccc(C2=NN3[C@@H](C2)c2ccccc2O[C@H]3c2cc([N+](=O)[O-])ccc2Cl)cc1OC. The highest BCUT2D eigenvalue weighted by atomic mass is 35.5. The van der Waals surface area contributed by atoms with E-state index in [-0.39, 0.29) is 11.7 Å². The van der Waals surface area contributed by atoms with Gasteiger partial charge in [0.2, 0.25) is 6.23 Å². The molecule has 0 unspecified atom stereocenters. The average Bonchev–Trinajstić information content (AvgIpc) is 3.29. The highest BCUT2D eigenvalue weighted by Gasteiger charge is 2.42. The van der Waals surface area contributed by atoms with Gasteiger partial charge in [-0.25, -0.2) is 5.01 Å². The normalized spacial score (nSPS) is 18.6. The number of hydrogen-bond donors (Lipinski definition) is 0. The van der Waals surface area contributed by atoms with Crippen molar-refractivity contribution in [3.63, 3.8) is 0 Å². The van der Waals surface area contributed by atoms with Crippen LogP contribution in [-0.4, -0.2) is 29.9 Å². The van der Waals surface area contributed by atoms with Crippen molar-refractivity contribution in [1.82, 2.24) is 5.01 Å². The topological polar surface area (TPSA) is 86.4 Å². The molecule has 0 bridgehead atoms. The van der Waals surface area contributed by atoms with Crippen molar-refractivity contribution < 1.29 is 19.1 Å². The van der Waals surface area contributed by atoms with Crippen LogP contribution in [0.3, 0.4) is 0 Å². The van der Waals surface area contributed by atoms with Crippen molar-refractivity contribution in [3.05, 3.63) is 92.5 Å². The molecule has 5 rings (SSSR count). The number of rotatable bonds is 5. The monoisotopic (exact) mass is 465 g/mol. The molecule has 0 N–H and O–H groups in total. The molecule has 0 amide bonds. The van der Waals surface area contributed by atoms with Crippen LogP contribution in [0.1, 0.15) is 35.4 Å². The molecule has 33 heavy (non-hydrogen) atoms. The minimum absolute atomic E-state index is 0.0586. The van der Waals surface area contributed by atoms with Gasteiger partial charge in [0.1, 0.15) is 5.75 Å². The number of para-hydroxylation sites is 1. The largest absolute Gasteiger partial charge is 0.493 e. The summed E-state index contributed by atoms with van der Waals surface area (Å²) in [5.74, 6) is 1.94. The van der Waals surface area contributed by atoms with E-state index < -0.39 is 11.2 Å². The van der Waals surface area contributed by atoms with E-state index >= 15 is 0 Å². The molecule has 0 saturated heterocycles. The Hall–Kier alpha value is -3.78. The highest BCUT2D eigenvalue weighted by molar-refractivity contribution is 6.31. The summed E-state index contributed by atoms with van der Waals surface area (Å²) in [4.78, 5) is 10.9. The molecule has 0 spiro atoms. The second-order valence-corrected chi connectivity index (χ2v) is 8.09. The van der Waals surface area contributed by atoms with Crippen LogP contribution in [0.2, 0.25) is 5.02 Å². The van der Waals surface area contributed by atoms with Gasteiger partial charge in [-0.05, 0) is 30.3 Å². The van der Waals surface area contributed by atoms with E-state index in [0.29, 0.717) is 34.3 Å². The van der Waals surface area contributed by atoms with Crippen LogP contribution in [0.5, 0.6) is 17.2 Å². The third-order valence-corrected chi connectivity index (χ3v) is 6.22. The van der Waals surface area contributed by atoms with Crippen LogP contribution in [0.15, 0.2) is 65.8 Å². The van der Waals surface area contributed by atoms with Gasteiger partial charge in [-0.1, -0.05) is 29.8 Å². The molecule has 8 nitrogen and oxygen atoms in total. The van der Waals surface area contributed by atoms with E-state index in [1.165, 1.54) is 18.2 Å². The molecular formula is C24H20ClN3O5. The number of nitro benzene ring substituents is 1. The van der Waals surface area contributed by atoms with Gasteiger partial charge in [0.15, 0.2) is 11.5 Å². The van der Waals surface area contributed by atoms with Gasteiger partial charge in [-0.2, -0.15) is 5.10 Å². The fraction of sp³-hybridized carbons (Fsp3) is 0.208. The summed E-state index contributed by atoms with van der Waals surface area (Å²) in [5.41, 5.74) is 3.16. The van der Waals surface area contributed by atoms with Crippen molar-refractivity contribution in [2.75, 3.05) is 14.2 Å². The number of halogens is 1. The molecular weight excluding hydrogens is 446 g/mol. The zero-order valence-electron chi connectivity index (χ0n) is 17.9. The fourth-order valence-electron chi connectivity index (χ4n) is 4.26. The first-order chi connectivity index (χ1) is 16.0. The fourth-order valence-corrected chi connectivity index (χ4v) is 4.47. The second-order valence-electron chi connectivity index (χ2n) is 7.69. The summed E-state index contributed by atoms with van der Waals surface area (Å²) in [6.07, 6.45) is -0.0891. The van der Waals surface area contributed by atoms with E-state index in [9.17, 15) is 10.1 Å². The smallest absolute Gasteiger partial charge is 0.270 e. The van der Waals surface area contributed by atoms with Crippen LogP contribution < -0.4 is 14.2 Å². The number of fused-ring (bicyclic) bond motifs is 3. The number of non-ortho nitro benzene ring substituents is 1. The van der Waals surface area contributed by atoms with E-state index in [4.69, 9.17) is 30.9 Å². The Labute approximate surface area is 195 Å². The number of nitrogens with zero attached hydrogens (tertiary/aromatic N) is 3. The Kier molecular flexibility index (Phi) is 5.30. The van der Waals surface area contributed by atoms with Gasteiger partial charge in [-0.3, -0.25) is 10.1 Å². The first kappa shape index (κ1) is 21.1. The first-order valence-electron chi connectivity index (χ1n) is 10.3. The molecule has 2 aliphatic heterocycles. The van der Waals surface area contributed by atoms with Crippen LogP contribution in [0.25, 0.3) is 0 Å². The maximum Gasteiger partial charge on any atom is 0.270 e. The number of ether oxygens (including phenoxy) is 3. The molecule has 9 heteroatoms. The van der Waals surface area contributed by atoms with Gasteiger partial charge in [0, 0.05) is 40.3 Å². The predicted octanol–water partition coefficient (Wildman–Crippen LogP) is 5.51. The summed E-state index contributed by atoms with van der Waals surface area (Å²) in [6.45, 7) is 0. The summed E-state index contributed by atoms with van der Waals surface area (Å²) in [5, 5.41) is 18.5. The van der Waals surface area contributed by atoms with Gasteiger partial charge in [0.25, 0.3) is 5.69 Å². The molecule has 0 radical (unpaired) electrons. The van der Waals surface area contributed by atoms with Gasteiger partial charge >= 0.3 is 0 Å². The molecule has 3 aromatic carbocycles. The highest BCUT2D eigenvalue weighted by Crippen LogP contribution is 2.49. The lowest BCUT2D eigenvalue weighted by molar-refractivity contribution is -0.385. The van der Waals surface area contributed by atoms with Crippen LogP contribution in [0, 0.1) is 10.1 Å². The summed E-state index contributed by atoms with van der Waals surface area (Å²) >= 11 is 6.47. The van der Waals surface area contributed by atoms with Crippen molar-refractivity contribution in [3.8, 4) is 17.2 Å². The van der Waals surface area contributed by atoms with Crippen LogP contribution in [-0.2, 0) is 0 Å². The van der Waals surface area contributed by atoms with Crippen molar-refractivity contribution in [2.45, 2.75) is 18.7 Å². The van der Waals surface area contributed by atoms with Gasteiger partial charge < -0.3 is 14.2 Å². The predicted molar refractivity (Wildman–Crippen MR) is 123 cm³/mol. The third-order valence-electron chi connectivity index (χ3n) is 5.87. The Bertz CT molecular complexity index is 1280. The zero-order valence-corrected chi connectivity index (χ0v) is 18.7. The van der Waals surface area contributed by atoms with E-state index in [0.717, 1.165) is 16.8 Å². The molecule has 0 aromatic heterocycles. The van der Waals surface area contributed by atoms with Crippen molar-refractivity contribution >= 4 is 23.0 Å². The molecule has 0 fully saturated rings. The maximum absolute atomic E-state index is 11.4. The Morgan fingerprint density at radius 1 is 1.06 bits per heavy atom. The molecule has 2 atom stereocenters. The molecule has 0 saturated carbocycles. The Morgan fingerprint density at radius 2 is 1.85 bits per heavy atom. The second kappa shape index (κ2) is 8.29. The minimum Gasteiger partial charge on any atom is -0.493 e. The van der Waals surface area contributed by atoms with Crippen molar-refractivity contribution in [2.24, 2.45) is 5.10 Å². The minimum atomic E-state index is -0.713. The zero-order chi connectivity index (χ0) is 23.1. The molecule has 168 valence electrons. The number of nitro groups is 1. The lowest BCUT2D eigenvalue weighted by atomic mass is 9.95. The number of hydrogen-bond acceptors (Lipinski definition) is 7. The third kappa shape index (κ3) is 3.62. The Balaban J connectivity index is 1.61. The van der Waals surface area contributed by atoms with Crippen molar-refractivity contribution in [1.29, 1.82) is 0 Å². The Morgan fingerprint density at radius 3 is 2.61 bits per heavy atom. The first-order valence-corrected chi connectivity index (χ1v) is 10.7. The number of methoxy groups -OCH3 is 2. The summed E-state index contributed by atoms with van der Waals surface area (Å²) < 4.78 is 17.1. The van der Waals surface area contributed by atoms with E-state index in [1.54, 1.807) is 14.2 Å². The lowest BCUT2D eigenvalue weighted by Crippen LogP contribution is -2.33. The number of benzene rings is 3. The summed E-state index contributed by atoms with van der Waals surface area (Å²) in [7, 11) is 3.18. The van der Waals surface area contributed by atoms with Crippen LogP contribution >= 0.6 is 11.6 Å². The maximum atomic E-state index is 11.4. The quantitative estimate of drug-likeness (QED) is 0.365.